The Labute approximate surface area is 107 Å². The van der Waals surface area contributed by atoms with Crippen LogP contribution in [-0.2, 0) is 9.59 Å². The summed E-state index contributed by atoms with van der Waals surface area (Å²) in [6, 6.07) is 0. The molecule has 106 valence electrons. The Kier molecular flexibility index (Phi) is 5.46. The highest BCUT2D eigenvalue weighted by Crippen LogP contribution is 2.25. The molecular weight excluding hydrogens is 238 g/mol. The molecule has 3 N–H and O–H groups in total. The number of aliphatic hydroxyl groups is 2. The molecule has 6 heteroatoms. The van der Waals surface area contributed by atoms with Crippen LogP contribution in [0.2, 0.25) is 0 Å². The summed E-state index contributed by atoms with van der Waals surface area (Å²) in [7, 11) is 4.75. The lowest BCUT2D eigenvalue weighted by Crippen LogP contribution is -2.63. The van der Waals surface area contributed by atoms with Crippen molar-refractivity contribution < 1.29 is 29.4 Å². The van der Waals surface area contributed by atoms with E-state index in [9.17, 15) is 19.8 Å². The second-order valence-electron chi connectivity index (χ2n) is 6.01. The molecule has 0 fully saturated rings. The van der Waals surface area contributed by atoms with Gasteiger partial charge in [-0.15, -0.1) is 0 Å². The van der Waals surface area contributed by atoms with E-state index in [2.05, 4.69) is 0 Å². The summed E-state index contributed by atoms with van der Waals surface area (Å²) in [5, 5.41) is 29.2. The number of carbonyl (C=O) groups excluding carboxylic acids is 1. The van der Waals surface area contributed by atoms with Crippen LogP contribution in [0.3, 0.4) is 0 Å². The van der Waals surface area contributed by atoms with Crippen LogP contribution in [0.5, 0.6) is 0 Å². The zero-order valence-corrected chi connectivity index (χ0v) is 11.7. The number of quaternary nitrogens is 1. The fourth-order valence-electron chi connectivity index (χ4n) is 1.75. The molecule has 6 nitrogen and oxygen atoms in total. The Morgan fingerprint density at radius 3 is 1.94 bits per heavy atom. The number of hydrogen-bond acceptors (Lipinski definition) is 4. The van der Waals surface area contributed by atoms with E-state index in [1.807, 2.05) is 0 Å². The van der Waals surface area contributed by atoms with Gasteiger partial charge in [0.05, 0.1) is 27.6 Å². The predicted molar refractivity (Wildman–Crippen MR) is 65.7 cm³/mol. The molecule has 0 heterocycles. The second-order valence-corrected chi connectivity index (χ2v) is 6.01. The van der Waals surface area contributed by atoms with Crippen molar-refractivity contribution in [1.29, 1.82) is 0 Å². The van der Waals surface area contributed by atoms with Gasteiger partial charge in [0.15, 0.2) is 5.78 Å². The van der Waals surface area contributed by atoms with Gasteiger partial charge < -0.3 is 19.8 Å². The molecule has 0 aliphatic carbocycles. The van der Waals surface area contributed by atoms with Crippen LogP contribution in [0.15, 0.2) is 0 Å². The summed E-state index contributed by atoms with van der Waals surface area (Å²) in [6.07, 6.45) is -2.25. The highest BCUT2D eigenvalue weighted by atomic mass is 16.4. The number of carboxylic acids is 1. The van der Waals surface area contributed by atoms with E-state index in [4.69, 9.17) is 5.11 Å². The molecule has 0 radical (unpaired) electrons. The van der Waals surface area contributed by atoms with Crippen LogP contribution in [-0.4, -0.2) is 64.5 Å². The summed E-state index contributed by atoms with van der Waals surface area (Å²) < 4.78 is -0.117. The maximum absolute atomic E-state index is 12.0. The van der Waals surface area contributed by atoms with E-state index < -0.39 is 30.0 Å². The van der Waals surface area contributed by atoms with Crippen molar-refractivity contribution in [3.8, 4) is 0 Å². The number of hydrogen-bond donors (Lipinski definition) is 3. The van der Waals surface area contributed by atoms with Gasteiger partial charge in [-0.1, -0.05) is 13.8 Å². The van der Waals surface area contributed by atoms with Gasteiger partial charge in [-0.3, -0.25) is 9.59 Å². The normalized spacial score (nSPS) is 17.3. The average Bonchev–Trinajstić information content (AvgIpc) is 2.12. The maximum Gasteiger partial charge on any atom is 0.307 e. The molecule has 0 aromatic rings. The Morgan fingerprint density at radius 1 is 1.22 bits per heavy atom. The van der Waals surface area contributed by atoms with Crippen LogP contribution in [0.4, 0.5) is 0 Å². The number of carbonyl (C=O) groups is 2. The first-order valence-corrected chi connectivity index (χ1v) is 5.88. The monoisotopic (exact) mass is 262 g/mol. The topological polar surface area (TPSA) is 94.8 Å². The highest BCUT2D eigenvalue weighted by molar-refractivity contribution is 5.91. The fourth-order valence-corrected chi connectivity index (χ4v) is 1.75. The SMILES string of the molecule is CC(C)CC(=O)C(O)(CC(=O)O)C(O)[N+](C)(C)C. The summed E-state index contributed by atoms with van der Waals surface area (Å²) in [4.78, 5) is 22.8. The van der Waals surface area contributed by atoms with Crippen molar-refractivity contribution in [1.82, 2.24) is 0 Å². The van der Waals surface area contributed by atoms with Crippen molar-refractivity contribution in [2.75, 3.05) is 21.1 Å². The van der Waals surface area contributed by atoms with Gasteiger partial charge in [0.25, 0.3) is 0 Å². The smallest absolute Gasteiger partial charge is 0.307 e. The molecule has 0 aliphatic rings. The molecule has 0 bridgehead atoms. The van der Waals surface area contributed by atoms with Crippen molar-refractivity contribution in [3.63, 3.8) is 0 Å². The third-order valence-electron chi connectivity index (χ3n) is 2.66. The van der Waals surface area contributed by atoms with Gasteiger partial charge in [0.2, 0.25) is 11.8 Å². The number of Topliss-reactive ketones (excluding diaryl/α,β-unsaturated/α-hetero) is 1. The largest absolute Gasteiger partial charge is 0.481 e. The number of ketones is 1. The molecule has 0 amide bonds. The van der Waals surface area contributed by atoms with Crippen molar-refractivity contribution >= 4 is 11.8 Å². The standard InChI is InChI=1S/C12H23NO5/c1-8(2)6-9(14)12(18,7-10(15)16)11(17)13(3,4)5/h8,11,17-18H,6-7H2,1-5H3/p+1. The molecule has 0 aromatic carbocycles. The van der Waals surface area contributed by atoms with Crippen LogP contribution in [0.25, 0.3) is 0 Å². The third kappa shape index (κ3) is 4.36. The molecule has 2 atom stereocenters. The molecule has 2 unspecified atom stereocenters. The number of nitrogens with zero attached hydrogens (tertiary/aromatic N) is 1. The van der Waals surface area contributed by atoms with Crippen molar-refractivity contribution in [2.45, 2.75) is 38.5 Å². The molecule has 0 aliphatic heterocycles. The lowest BCUT2D eigenvalue weighted by molar-refractivity contribution is -0.925. The highest BCUT2D eigenvalue weighted by Gasteiger charge is 2.51. The number of aliphatic carboxylic acids is 1. The first-order valence-electron chi connectivity index (χ1n) is 5.88. The molecule has 0 spiro atoms. The van der Waals surface area contributed by atoms with E-state index in [0.717, 1.165) is 0 Å². The number of aliphatic hydroxyl groups excluding tert-OH is 1. The van der Waals surface area contributed by atoms with Crippen molar-refractivity contribution in [3.05, 3.63) is 0 Å². The van der Waals surface area contributed by atoms with E-state index in [1.54, 1.807) is 35.0 Å². The molecule has 0 saturated heterocycles. The van der Waals surface area contributed by atoms with Gasteiger partial charge in [-0.25, -0.2) is 0 Å². The maximum atomic E-state index is 12.0. The first-order chi connectivity index (χ1) is 7.91. The summed E-state index contributed by atoms with van der Waals surface area (Å²) >= 11 is 0. The summed E-state index contributed by atoms with van der Waals surface area (Å²) in [5.74, 6) is -1.97. The van der Waals surface area contributed by atoms with E-state index in [-0.39, 0.29) is 16.8 Å². The number of rotatable bonds is 7. The molecule has 18 heavy (non-hydrogen) atoms. The number of carboxylic acid groups (broad SMARTS) is 1. The lowest BCUT2D eigenvalue weighted by atomic mass is 9.86. The van der Waals surface area contributed by atoms with E-state index >= 15 is 0 Å². The van der Waals surface area contributed by atoms with Crippen LogP contribution < -0.4 is 0 Å². The van der Waals surface area contributed by atoms with E-state index in [1.165, 1.54) is 0 Å². The number of likely N-dealkylation sites (N-methyl/N-ethyl adjacent to an activating group) is 1. The summed E-state index contributed by atoms with van der Waals surface area (Å²) in [5.41, 5.74) is -2.26. The molecule has 0 saturated carbocycles. The van der Waals surface area contributed by atoms with Gasteiger partial charge in [-0.05, 0) is 5.92 Å². The van der Waals surface area contributed by atoms with Gasteiger partial charge in [0, 0.05) is 6.42 Å². The van der Waals surface area contributed by atoms with Crippen molar-refractivity contribution in [2.24, 2.45) is 5.92 Å². The second kappa shape index (κ2) is 5.77. The van der Waals surface area contributed by atoms with Gasteiger partial charge in [0.1, 0.15) is 0 Å². The molecular formula is C12H24NO5+. The Balaban J connectivity index is 5.30. The van der Waals surface area contributed by atoms with Crippen LogP contribution in [0, 0.1) is 5.92 Å². The minimum atomic E-state index is -2.26. The lowest BCUT2D eigenvalue weighted by Gasteiger charge is -2.39. The van der Waals surface area contributed by atoms with E-state index in [0.29, 0.717) is 0 Å². The zero-order valence-electron chi connectivity index (χ0n) is 11.7. The third-order valence-corrected chi connectivity index (χ3v) is 2.66. The Hall–Kier alpha value is -0.980. The Bertz CT molecular complexity index is 321. The van der Waals surface area contributed by atoms with Gasteiger partial charge in [-0.2, -0.15) is 0 Å². The quantitative estimate of drug-likeness (QED) is 0.437. The molecule has 0 rings (SSSR count). The fraction of sp³-hybridized carbons (Fsp3) is 0.833. The van der Waals surface area contributed by atoms with Gasteiger partial charge >= 0.3 is 5.97 Å². The van der Waals surface area contributed by atoms with Crippen LogP contribution >= 0.6 is 0 Å². The molecule has 0 aromatic heterocycles. The first kappa shape index (κ1) is 17.0. The Morgan fingerprint density at radius 2 is 1.67 bits per heavy atom. The van der Waals surface area contributed by atoms with Crippen LogP contribution in [0.1, 0.15) is 26.7 Å². The predicted octanol–water partition coefficient (Wildman–Crippen LogP) is -0.168. The summed E-state index contributed by atoms with van der Waals surface area (Å²) in [6.45, 7) is 3.58. The minimum absolute atomic E-state index is 0.0162. The minimum Gasteiger partial charge on any atom is -0.481 e. The zero-order chi connectivity index (χ0) is 14.7. The average molecular weight is 262 g/mol.